The molecular weight excluding hydrogens is 226 g/mol. The SMILES string of the molecule is CCOC(CC)C(=O)c1cccc2cccnc12. The Morgan fingerprint density at radius 2 is 2.06 bits per heavy atom. The molecule has 2 aromatic rings. The lowest BCUT2D eigenvalue weighted by atomic mass is 10.0. The Morgan fingerprint density at radius 1 is 1.28 bits per heavy atom. The largest absolute Gasteiger partial charge is 0.370 e. The van der Waals surface area contributed by atoms with Crippen LogP contribution in [-0.4, -0.2) is 23.5 Å². The highest BCUT2D eigenvalue weighted by Crippen LogP contribution is 2.19. The van der Waals surface area contributed by atoms with Crippen molar-refractivity contribution in [1.82, 2.24) is 4.98 Å². The van der Waals surface area contributed by atoms with E-state index in [1.54, 1.807) is 6.20 Å². The minimum absolute atomic E-state index is 0.0173. The molecule has 0 fully saturated rings. The number of carbonyl (C=O) groups is 1. The van der Waals surface area contributed by atoms with Crippen molar-refractivity contribution in [3.8, 4) is 0 Å². The van der Waals surface area contributed by atoms with E-state index in [1.165, 1.54) is 0 Å². The van der Waals surface area contributed by atoms with E-state index in [0.717, 1.165) is 10.9 Å². The summed E-state index contributed by atoms with van der Waals surface area (Å²) >= 11 is 0. The molecule has 1 aromatic heterocycles. The number of benzene rings is 1. The molecule has 1 heterocycles. The van der Waals surface area contributed by atoms with E-state index in [2.05, 4.69) is 4.98 Å². The zero-order chi connectivity index (χ0) is 13.0. The van der Waals surface area contributed by atoms with Gasteiger partial charge in [0.05, 0.1) is 5.52 Å². The van der Waals surface area contributed by atoms with Crippen molar-refractivity contribution in [2.75, 3.05) is 6.61 Å². The van der Waals surface area contributed by atoms with Crippen LogP contribution < -0.4 is 0 Å². The number of pyridine rings is 1. The molecule has 1 atom stereocenters. The van der Waals surface area contributed by atoms with Crippen molar-refractivity contribution in [1.29, 1.82) is 0 Å². The molecule has 0 aliphatic carbocycles. The van der Waals surface area contributed by atoms with E-state index in [0.29, 0.717) is 18.6 Å². The highest BCUT2D eigenvalue weighted by Gasteiger charge is 2.20. The summed E-state index contributed by atoms with van der Waals surface area (Å²) in [6.07, 6.45) is 2.01. The Balaban J connectivity index is 2.44. The predicted molar refractivity (Wildman–Crippen MR) is 71.8 cm³/mol. The highest BCUT2D eigenvalue weighted by molar-refractivity contribution is 6.08. The third-order valence-electron chi connectivity index (χ3n) is 2.93. The standard InChI is InChI=1S/C15H17NO2/c1-3-13(18-4-2)15(17)12-9-5-7-11-8-6-10-16-14(11)12/h5-10,13H,3-4H2,1-2H3. The smallest absolute Gasteiger partial charge is 0.193 e. The molecule has 94 valence electrons. The van der Waals surface area contributed by atoms with Crippen LogP contribution in [0.25, 0.3) is 10.9 Å². The first-order chi connectivity index (χ1) is 8.77. The summed E-state index contributed by atoms with van der Waals surface area (Å²) < 4.78 is 5.48. The Bertz CT molecular complexity index is 546. The Kier molecular flexibility index (Phi) is 4.05. The van der Waals surface area contributed by atoms with Gasteiger partial charge >= 0.3 is 0 Å². The first kappa shape index (κ1) is 12.7. The van der Waals surface area contributed by atoms with Crippen molar-refractivity contribution in [2.45, 2.75) is 26.4 Å². The maximum atomic E-state index is 12.4. The van der Waals surface area contributed by atoms with E-state index >= 15 is 0 Å². The molecule has 0 radical (unpaired) electrons. The monoisotopic (exact) mass is 243 g/mol. The molecule has 3 nitrogen and oxygen atoms in total. The average molecular weight is 243 g/mol. The summed E-state index contributed by atoms with van der Waals surface area (Å²) in [5.41, 5.74) is 1.40. The summed E-state index contributed by atoms with van der Waals surface area (Å²) in [6.45, 7) is 4.40. The van der Waals surface area contributed by atoms with Crippen LogP contribution in [0, 0.1) is 0 Å². The van der Waals surface area contributed by atoms with Crippen molar-refractivity contribution in [3.63, 3.8) is 0 Å². The Labute approximate surface area is 107 Å². The van der Waals surface area contributed by atoms with Gasteiger partial charge in [-0.1, -0.05) is 25.1 Å². The fraction of sp³-hybridized carbons (Fsp3) is 0.333. The van der Waals surface area contributed by atoms with Crippen LogP contribution in [0.5, 0.6) is 0 Å². The van der Waals surface area contributed by atoms with Crippen molar-refractivity contribution in [2.24, 2.45) is 0 Å². The lowest BCUT2D eigenvalue weighted by Crippen LogP contribution is -2.24. The van der Waals surface area contributed by atoms with E-state index in [4.69, 9.17) is 4.74 Å². The van der Waals surface area contributed by atoms with Crippen LogP contribution in [0.2, 0.25) is 0 Å². The normalized spacial score (nSPS) is 12.6. The number of rotatable bonds is 5. The molecular formula is C15H17NO2. The lowest BCUT2D eigenvalue weighted by Gasteiger charge is -2.14. The Hall–Kier alpha value is -1.74. The van der Waals surface area contributed by atoms with E-state index in [1.807, 2.05) is 44.2 Å². The number of carbonyl (C=O) groups excluding carboxylic acids is 1. The molecule has 0 amide bonds. The molecule has 1 unspecified atom stereocenters. The predicted octanol–water partition coefficient (Wildman–Crippen LogP) is 3.23. The van der Waals surface area contributed by atoms with Gasteiger partial charge in [0.25, 0.3) is 0 Å². The van der Waals surface area contributed by atoms with E-state index in [-0.39, 0.29) is 11.9 Å². The summed E-state index contributed by atoms with van der Waals surface area (Å²) in [7, 11) is 0. The number of ether oxygens (including phenoxy) is 1. The minimum atomic E-state index is -0.373. The highest BCUT2D eigenvalue weighted by atomic mass is 16.5. The van der Waals surface area contributed by atoms with Crippen molar-refractivity contribution < 1.29 is 9.53 Å². The fourth-order valence-corrected chi connectivity index (χ4v) is 2.06. The molecule has 2 rings (SSSR count). The van der Waals surface area contributed by atoms with Gasteiger partial charge in [-0.15, -0.1) is 0 Å². The molecule has 0 aliphatic heterocycles. The number of hydrogen-bond acceptors (Lipinski definition) is 3. The van der Waals surface area contributed by atoms with Gasteiger partial charge < -0.3 is 4.74 Å². The molecule has 0 spiro atoms. The quantitative estimate of drug-likeness (QED) is 0.757. The van der Waals surface area contributed by atoms with Crippen LogP contribution in [0.3, 0.4) is 0 Å². The summed E-state index contributed by atoms with van der Waals surface area (Å²) in [5, 5.41) is 0.981. The third kappa shape index (κ3) is 2.41. The van der Waals surface area contributed by atoms with E-state index < -0.39 is 0 Å². The maximum absolute atomic E-state index is 12.4. The summed E-state index contributed by atoms with van der Waals surface area (Å²) in [5.74, 6) is 0.0173. The molecule has 0 saturated heterocycles. The first-order valence-electron chi connectivity index (χ1n) is 6.27. The number of ketones is 1. The van der Waals surface area contributed by atoms with Gasteiger partial charge in [0.1, 0.15) is 6.10 Å². The third-order valence-corrected chi connectivity index (χ3v) is 2.93. The molecule has 3 heteroatoms. The topological polar surface area (TPSA) is 39.2 Å². The molecule has 18 heavy (non-hydrogen) atoms. The zero-order valence-corrected chi connectivity index (χ0v) is 10.7. The van der Waals surface area contributed by atoms with Crippen LogP contribution in [-0.2, 0) is 4.74 Å². The molecule has 0 bridgehead atoms. The molecule has 0 N–H and O–H groups in total. The zero-order valence-electron chi connectivity index (χ0n) is 10.7. The average Bonchev–Trinajstić information content (AvgIpc) is 2.43. The number of aromatic nitrogens is 1. The number of nitrogens with zero attached hydrogens (tertiary/aromatic N) is 1. The second-order valence-electron chi connectivity index (χ2n) is 4.10. The van der Waals surface area contributed by atoms with Crippen molar-refractivity contribution in [3.05, 3.63) is 42.1 Å². The number of fused-ring (bicyclic) bond motifs is 1. The van der Waals surface area contributed by atoms with E-state index in [9.17, 15) is 4.79 Å². The first-order valence-corrected chi connectivity index (χ1v) is 6.27. The van der Waals surface area contributed by atoms with Crippen LogP contribution in [0.15, 0.2) is 36.5 Å². The molecule has 1 aromatic carbocycles. The summed E-state index contributed by atoms with van der Waals surface area (Å²) in [6, 6.07) is 9.49. The maximum Gasteiger partial charge on any atom is 0.193 e. The van der Waals surface area contributed by atoms with Crippen LogP contribution >= 0.6 is 0 Å². The number of para-hydroxylation sites is 1. The minimum Gasteiger partial charge on any atom is -0.370 e. The lowest BCUT2D eigenvalue weighted by molar-refractivity contribution is 0.0445. The van der Waals surface area contributed by atoms with Gasteiger partial charge in [-0.3, -0.25) is 9.78 Å². The van der Waals surface area contributed by atoms with Gasteiger partial charge in [-0.05, 0) is 25.5 Å². The van der Waals surface area contributed by atoms with Gasteiger partial charge in [0.15, 0.2) is 5.78 Å². The molecule has 0 aliphatic rings. The summed E-state index contributed by atoms with van der Waals surface area (Å²) in [4.78, 5) is 16.7. The number of Topliss-reactive ketones (excluding diaryl/α,β-unsaturated/α-hetero) is 1. The Morgan fingerprint density at radius 3 is 2.78 bits per heavy atom. The molecule has 0 saturated carbocycles. The van der Waals surface area contributed by atoms with Gasteiger partial charge in [-0.2, -0.15) is 0 Å². The second-order valence-corrected chi connectivity index (χ2v) is 4.10. The van der Waals surface area contributed by atoms with Crippen LogP contribution in [0.4, 0.5) is 0 Å². The fourth-order valence-electron chi connectivity index (χ4n) is 2.06. The van der Waals surface area contributed by atoms with Crippen LogP contribution in [0.1, 0.15) is 30.6 Å². The number of hydrogen-bond donors (Lipinski definition) is 0. The second kappa shape index (κ2) is 5.74. The van der Waals surface area contributed by atoms with Gasteiger partial charge in [0.2, 0.25) is 0 Å². The van der Waals surface area contributed by atoms with Gasteiger partial charge in [-0.25, -0.2) is 0 Å². The van der Waals surface area contributed by atoms with Crippen molar-refractivity contribution >= 4 is 16.7 Å². The van der Waals surface area contributed by atoms with Gasteiger partial charge in [0, 0.05) is 23.8 Å².